The molecule has 0 fully saturated rings. The van der Waals surface area contributed by atoms with E-state index in [0.717, 1.165) is 154 Å². The van der Waals surface area contributed by atoms with Crippen LogP contribution in [0.15, 0.2) is 146 Å². The standard InChI is InChI=1S/C76H124O6/c1-4-7-10-13-16-19-22-24-26-28-30-32-34-36-37-38-39-41-42-44-46-48-50-52-54-57-60-63-66-69-75(78)81-72-73(71-80-74(77)68-65-62-59-56-21-18-15-12-9-6-3)82-76(79)70-67-64-61-58-55-53-51-49-47-45-43-40-35-33-31-29-27-25-23-20-17-14-11-8-5-2/h7-8,10-12,15-17,19-20,24-27,30-33,36-37,39-41,43,73H,4-6,9,13-14,18,21-23,28-29,34-35,38,42,44-72H2,1-3H3/b10-7-,11-8-,15-12-,19-16-,20-17-,26-24-,27-25-,32-30-,33-31-,37-36-,41-39-,43-40-. The highest BCUT2D eigenvalue weighted by Crippen LogP contribution is 2.16. The maximum Gasteiger partial charge on any atom is 0.306 e. The molecule has 0 aliphatic heterocycles. The Labute approximate surface area is 506 Å². The summed E-state index contributed by atoms with van der Waals surface area (Å²) in [5, 5.41) is 0. The topological polar surface area (TPSA) is 78.9 Å². The third-order valence-electron chi connectivity index (χ3n) is 14.0. The molecule has 0 saturated carbocycles. The van der Waals surface area contributed by atoms with Crippen LogP contribution in [0.4, 0.5) is 0 Å². The summed E-state index contributed by atoms with van der Waals surface area (Å²) in [5.41, 5.74) is 0. The van der Waals surface area contributed by atoms with Crippen molar-refractivity contribution in [1.29, 1.82) is 0 Å². The maximum absolute atomic E-state index is 12.9. The Bertz CT molecular complexity index is 1780. The number of esters is 3. The summed E-state index contributed by atoms with van der Waals surface area (Å²) in [6.07, 6.45) is 98.7. The first-order valence-corrected chi connectivity index (χ1v) is 33.8. The van der Waals surface area contributed by atoms with E-state index in [-0.39, 0.29) is 31.1 Å². The van der Waals surface area contributed by atoms with Crippen LogP contribution in [0.25, 0.3) is 0 Å². The fourth-order valence-electron chi connectivity index (χ4n) is 9.06. The van der Waals surface area contributed by atoms with E-state index in [2.05, 4.69) is 167 Å². The maximum atomic E-state index is 12.9. The Morgan fingerprint density at radius 2 is 0.476 bits per heavy atom. The van der Waals surface area contributed by atoms with Gasteiger partial charge in [-0.3, -0.25) is 14.4 Å². The van der Waals surface area contributed by atoms with Gasteiger partial charge < -0.3 is 14.2 Å². The molecular formula is C76H124O6. The van der Waals surface area contributed by atoms with Crippen LogP contribution in [0, 0.1) is 0 Å². The lowest BCUT2D eigenvalue weighted by Gasteiger charge is -2.18. The molecule has 0 radical (unpaired) electrons. The van der Waals surface area contributed by atoms with E-state index in [1.54, 1.807) is 0 Å². The molecule has 464 valence electrons. The number of rotatable bonds is 60. The van der Waals surface area contributed by atoms with Crippen molar-refractivity contribution in [2.75, 3.05) is 13.2 Å². The van der Waals surface area contributed by atoms with Gasteiger partial charge in [-0.05, 0) is 135 Å². The fourth-order valence-corrected chi connectivity index (χ4v) is 9.06. The first-order chi connectivity index (χ1) is 40.5. The van der Waals surface area contributed by atoms with Crippen LogP contribution < -0.4 is 0 Å². The van der Waals surface area contributed by atoms with Gasteiger partial charge in [0, 0.05) is 19.3 Å². The van der Waals surface area contributed by atoms with Crippen LogP contribution in [0.3, 0.4) is 0 Å². The van der Waals surface area contributed by atoms with Crippen LogP contribution in [-0.4, -0.2) is 37.2 Å². The average Bonchev–Trinajstić information content (AvgIpc) is 3.48. The summed E-state index contributed by atoms with van der Waals surface area (Å²) < 4.78 is 16.9. The molecule has 82 heavy (non-hydrogen) atoms. The van der Waals surface area contributed by atoms with Crippen LogP contribution in [0.2, 0.25) is 0 Å². The van der Waals surface area contributed by atoms with Gasteiger partial charge in [-0.2, -0.15) is 0 Å². The molecule has 6 nitrogen and oxygen atoms in total. The monoisotopic (exact) mass is 1130 g/mol. The molecule has 0 bridgehead atoms. The Balaban J connectivity index is 4.27. The van der Waals surface area contributed by atoms with Gasteiger partial charge in [0.25, 0.3) is 0 Å². The van der Waals surface area contributed by atoms with Crippen molar-refractivity contribution in [2.24, 2.45) is 0 Å². The summed E-state index contributed by atoms with van der Waals surface area (Å²) in [4.78, 5) is 38.3. The first kappa shape index (κ1) is 77.3. The number of allylic oxidation sites excluding steroid dienone is 24. The molecule has 0 aliphatic rings. The van der Waals surface area contributed by atoms with Gasteiger partial charge in [0.05, 0.1) is 0 Å². The zero-order chi connectivity index (χ0) is 59.2. The van der Waals surface area contributed by atoms with Crippen molar-refractivity contribution in [3.8, 4) is 0 Å². The Kier molecular flexibility index (Phi) is 64.8. The van der Waals surface area contributed by atoms with Gasteiger partial charge in [0.1, 0.15) is 13.2 Å². The molecule has 0 heterocycles. The minimum Gasteiger partial charge on any atom is -0.462 e. The largest absolute Gasteiger partial charge is 0.462 e. The van der Waals surface area contributed by atoms with Crippen molar-refractivity contribution in [2.45, 2.75) is 303 Å². The molecule has 0 N–H and O–H groups in total. The highest BCUT2D eigenvalue weighted by molar-refractivity contribution is 5.71. The predicted octanol–water partition coefficient (Wildman–Crippen LogP) is 23.5. The first-order valence-electron chi connectivity index (χ1n) is 33.8. The Morgan fingerprint density at radius 1 is 0.256 bits per heavy atom. The van der Waals surface area contributed by atoms with E-state index < -0.39 is 6.10 Å². The molecule has 0 aliphatic carbocycles. The summed E-state index contributed by atoms with van der Waals surface area (Å²) in [6, 6.07) is 0. The molecule has 0 aromatic carbocycles. The SMILES string of the molecule is CC/C=C\C/C=C\C/C=C\C/C=C\C/C=C\C/C=C\CCCCCCCCCCCCC(=O)OCC(COC(=O)CCCCCCC/C=C\CCC)OC(=O)CCCCCCCCCCC/C=C\C/C=C\C/C=C\C/C=C\C/C=C\CC. The average molecular weight is 1130 g/mol. The fraction of sp³-hybridized carbons (Fsp3) is 0.645. The predicted molar refractivity (Wildman–Crippen MR) is 357 cm³/mol. The lowest BCUT2D eigenvalue weighted by molar-refractivity contribution is -0.167. The van der Waals surface area contributed by atoms with E-state index >= 15 is 0 Å². The Hall–Kier alpha value is -4.71. The van der Waals surface area contributed by atoms with E-state index in [9.17, 15) is 14.4 Å². The van der Waals surface area contributed by atoms with Crippen molar-refractivity contribution in [1.82, 2.24) is 0 Å². The third kappa shape index (κ3) is 66.1. The van der Waals surface area contributed by atoms with Crippen molar-refractivity contribution < 1.29 is 28.6 Å². The lowest BCUT2D eigenvalue weighted by atomic mass is 10.1. The second kappa shape index (κ2) is 68.8. The minimum atomic E-state index is -0.793. The summed E-state index contributed by atoms with van der Waals surface area (Å²) in [6.45, 7) is 6.34. The number of unbranched alkanes of at least 4 members (excludes halogenated alkanes) is 25. The highest BCUT2D eigenvalue weighted by atomic mass is 16.6. The molecule has 1 atom stereocenters. The van der Waals surface area contributed by atoms with Gasteiger partial charge in [-0.15, -0.1) is 0 Å². The normalized spacial score (nSPS) is 13.1. The van der Waals surface area contributed by atoms with Crippen molar-refractivity contribution >= 4 is 17.9 Å². The summed E-state index contributed by atoms with van der Waals surface area (Å²) >= 11 is 0. The number of carbonyl (C=O) groups excluding carboxylic acids is 3. The van der Waals surface area contributed by atoms with Crippen molar-refractivity contribution in [3.63, 3.8) is 0 Å². The van der Waals surface area contributed by atoms with Crippen LogP contribution in [0.1, 0.15) is 297 Å². The van der Waals surface area contributed by atoms with Crippen LogP contribution in [-0.2, 0) is 28.6 Å². The molecule has 0 aromatic rings. The van der Waals surface area contributed by atoms with Crippen LogP contribution >= 0.6 is 0 Å². The molecule has 0 spiro atoms. The van der Waals surface area contributed by atoms with Gasteiger partial charge in [0.15, 0.2) is 6.10 Å². The van der Waals surface area contributed by atoms with E-state index in [4.69, 9.17) is 14.2 Å². The second-order valence-corrected chi connectivity index (χ2v) is 22.0. The third-order valence-corrected chi connectivity index (χ3v) is 14.0. The molecule has 6 heteroatoms. The molecule has 0 amide bonds. The zero-order valence-corrected chi connectivity index (χ0v) is 53.2. The quantitative estimate of drug-likeness (QED) is 0.0261. The highest BCUT2D eigenvalue weighted by Gasteiger charge is 2.19. The van der Waals surface area contributed by atoms with Gasteiger partial charge in [-0.1, -0.05) is 289 Å². The van der Waals surface area contributed by atoms with Gasteiger partial charge in [0.2, 0.25) is 0 Å². The zero-order valence-electron chi connectivity index (χ0n) is 53.2. The number of hydrogen-bond acceptors (Lipinski definition) is 6. The molecular weight excluding hydrogens is 1010 g/mol. The van der Waals surface area contributed by atoms with Crippen molar-refractivity contribution in [3.05, 3.63) is 146 Å². The van der Waals surface area contributed by atoms with E-state index in [1.807, 2.05) is 0 Å². The van der Waals surface area contributed by atoms with E-state index in [0.29, 0.717) is 19.3 Å². The van der Waals surface area contributed by atoms with Gasteiger partial charge in [-0.25, -0.2) is 0 Å². The molecule has 0 aromatic heterocycles. The lowest BCUT2D eigenvalue weighted by Crippen LogP contribution is -2.30. The van der Waals surface area contributed by atoms with E-state index in [1.165, 1.54) is 103 Å². The number of carbonyl (C=O) groups is 3. The molecule has 0 saturated heterocycles. The summed E-state index contributed by atoms with van der Waals surface area (Å²) in [7, 11) is 0. The second-order valence-electron chi connectivity index (χ2n) is 22.0. The molecule has 1 unspecified atom stereocenters. The molecule has 0 rings (SSSR count). The number of hydrogen-bond donors (Lipinski definition) is 0. The number of ether oxygens (including phenoxy) is 3. The Morgan fingerprint density at radius 3 is 0.756 bits per heavy atom. The minimum absolute atomic E-state index is 0.0890. The van der Waals surface area contributed by atoms with Crippen LogP contribution in [0.5, 0.6) is 0 Å². The summed E-state index contributed by atoms with van der Waals surface area (Å²) in [5.74, 6) is -0.908. The smallest absolute Gasteiger partial charge is 0.306 e. The van der Waals surface area contributed by atoms with Gasteiger partial charge >= 0.3 is 17.9 Å².